The van der Waals surface area contributed by atoms with Crippen LogP contribution in [-0.4, -0.2) is 74.9 Å². The summed E-state index contributed by atoms with van der Waals surface area (Å²) >= 11 is 0. The molecule has 2 bridgehead atoms. The van der Waals surface area contributed by atoms with Crippen LogP contribution in [0.15, 0.2) is 69.4 Å². The first-order valence-corrected chi connectivity index (χ1v) is 12.7. The van der Waals surface area contributed by atoms with Crippen LogP contribution in [0.1, 0.15) is 40.5 Å². The molecule has 0 aromatic heterocycles. The van der Waals surface area contributed by atoms with Crippen molar-refractivity contribution in [2.45, 2.75) is 40.5 Å². The predicted molar refractivity (Wildman–Crippen MR) is 138 cm³/mol. The Balaban J connectivity index is 1.28. The molecule has 3 aliphatic heterocycles. The maximum Gasteiger partial charge on any atom is 0.334 e. The third kappa shape index (κ3) is 5.54. The van der Waals surface area contributed by atoms with Crippen molar-refractivity contribution in [3.8, 4) is 0 Å². The molecule has 5 nitrogen and oxygen atoms in total. The second-order valence-electron chi connectivity index (χ2n) is 10.1. The molecule has 0 radical (unpaired) electrons. The maximum atomic E-state index is 11.9. The van der Waals surface area contributed by atoms with Crippen LogP contribution in [0.5, 0.6) is 0 Å². The Labute approximate surface area is 205 Å². The van der Waals surface area contributed by atoms with Crippen molar-refractivity contribution in [1.82, 2.24) is 9.80 Å². The van der Waals surface area contributed by atoms with E-state index in [1.807, 2.05) is 6.08 Å². The van der Waals surface area contributed by atoms with Gasteiger partial charge in [0.05, 0.1) is 13.2 Å². The fraction of sp³-hybridized carbons (Fsp3) is 0.552. The first kappa shape index (κ1) is 24.9. The van der Waals surface area contributed by atoms with Crippen molar-refractivity contribution in [2.24, 2.45) is 5.92 Å². The highest BCUT2D eigenvalue weighted by Crippen LogP contribution is 2.31. The molecule has 0 spiro atoms. The lowest BCUT2D eigenvalue weighted by Crippen LogP contribution is -2.47. The summed E-state index contributed by atoms with van der Waals surface area (Å²) in [5, 5.41) is 0. The molecule has 3 fully saturated rings. The van der Waals surface area contributed by atoms with E-state index in [1.54, 1.807) is 0 Å². The Morgan fingerprint density at radius 2 is 1.88 bits per heavy atom. The van der Waals surface area contributed by atoms with Crippen molar-refractivity contribution in [3.05, 3.63) is 69.4 Å². The Morgan fingerprint density at radius 1 is 1.15 bits per heavy atom. The van der Waals surface area contributed by atoms with Crippen LogP contribution in [0.2, 0.25) is 0 Å². The molecule has 0 saturated carbocycles. The Hall–Kier alpha value is -2.21. The van der Waals surface area contributed by atoms with Crippen molar-refractivity contribution >= 4 is 5.97 Å². The zero-order chi connectivity index (χ0) is 24.2. The summed E-state index contributed by atoms with van der Waals surface area (Å²) in [6, 6.07) is 0. The standard InChI is InChI=1S/C29H40N2O3/c1-6-27(23(5)28-19-33-17-21(28)3)20(2)16-31-13-11-30(12-14-31)10-9-24-7-8-25-15-26(22(24)4)18-34-29(25)32/h6-8,20H,3,9-19H2,1-2,4-5H3/b27-6-,28-23-. The average Bonchev–Trinajstić information content (AvgIpc) is 3.21. The van der Waals surface area contributed by atoms with Gasteiger partial charge in [0.1, 0.15) is 6.61 Å². The lowest BCUT2D eigenvalue weighted by atomic mass is 9.89. The minimum Gasteiger partial charge on any atom is -0.458 e. The Bertz CT molecular complexity index is 987. The summed E-state index contributed by atoms with van der Waals surface area (Å²) in [5.41, 5.74) is 9.90. The molecule has 3 saturated heterocycles. The van der Waals surface area contributed by atoms with Gasteiger partial charge < -0.3 is 19.3 Å². The number of nitrogens with zero attached hydrogens (tertiary/aromatic N) is 2. The van der Waals surface area contributed by atoms with Crippen molar-refractivity contribution < 1.29 is 14.3 Å². The monoisotopic (exact) mass is 464 g/mol. The van der Waals surface area contributed by atoms with Gasteiger partial charge >= 0.3 is 5.97 Å². The summed E-state index contributed by atoms with van der Waals surface area (Å²) in [6.45, 7) is 21.5. The lowest BCUT2D eigenvalue weighted by molar-refractivity contribution is -0.139. The van der Waals surface area contributed by atoms with E-state index in [9.17, 15) is 4.79 Å². The Kier molecular flexibility index (Phi) is 8.07. The summed E-state index contributed by atoms with van der Waals surface area (Å²) in [4.78, 5) is 17.1. The second kappa shape index (κ2) is 11.0. The molecule has 34 heavy (non-hydrogen) atoms. The minimum absolute atomic E-state index is 0.159. The average molecular weight is 465 g/mol. The number of cyclic esters (lactones) is 1. The summed E-state index contributed by atoms with van der Waals surface area (Å²) < 4.78 is 10.9. The molecule has 1 atom stereocenters. The fourth-order valence-corrected chi connectivity index (χ4v) is 5.63. The molecule has 0 N–H and O–H groups in total. The first-order chi connectivity index (χ1) is 16.4. The number of ether oxygens (including phenoxy) is 2. The van der Waals surface area contributed by atoms with E-state index >= 15 is 0 Å². The van der Waals surface area contributed by atoms with Crippen molar-refractivity contribution in [2.75, 3.05) is 59.1 Å². The third-order valence-electron chi connectivity index (χ3n) is 7.91. The van der Waals surface area contributed by atoms with Gasteiger partial charge in [-0.1, -0.05) is 31.7 Å². The van der Waals surface area contributed by atoms with Crippen LogP contribution in [0.4, 0.5) is 0 Å². The second-order valence-corrected chi connectivity index (χ2v) is 10.1. The van der Waals surface area contributed by atoms with Gasteiger partial charge in [0.15, 0.2) is 0 Å². The molecule has 4 aliphatic rings. The van der Waals surface area contributed by atoms with E-state index in [4.69, 9.17) is 9.47 Å². The molecular weight excluding hydrogens is 424 g/mol. The van der Waals surface area contributed by atoms with E-state index < -0.39 is 0 Å². The van der Waals surface area contributed by atoms with Gasteiger partial charge in [-0.2, -0.15) is 0 Å². The van der Waals surface area contributed by atoms with E-state index in [2.05, 4.69) is 56.2 Å². The lowest BCUT2D eigenvalue weighted by Gasteiger charge is -2.36. The SMILES string of the molecule is C=C1COC/C1=C(C)/C(=C\C)C(C)CN1CCN(CCC2=CC=C3CC(=C2C)COC3=O)CC1. The molecule has 184 valence electrons. The number of esters is 1. The van der Waals surface area contributed by atoms with Crippen molar-refractivity contribution in [1.29, 1.82) is 0 Å². The topological polar surface area (TPSA) is 42.0 Å². The highest BCUT2D eigenvalue weighted by Gasteiger charge is 2.25. The number of hydrogen-bond acceptors (Lipinski definition) is 5. The molecule has 4 rings (SSSR count). The van der Waals surface area contributed by atoms with Crippen molar-refractivity contribution in [3.63, 3.8) is 0 Å². The van der Waals surface area contributed by atoms with E-state index in [1.165, 1.54) is 33.4 Å². The highest BCUT2D eigenvalue weighted by molar-refractivity contribution is 5.91. The normalized spacial score (nSPS) is 25.1. The van der Waals surface area contributed by atoms with E-state index in [0.29, 0.717) is 25.7 Å². The quantitative estimate of drug-likeness (QED) is 0.515. The molecule has 0 aromatic rings. The predicted octanol–water partition coefficient (Wildman–Crippen LogP) is 4.61. The zero-order valence-corrected chi connectivity index (χ0v) is 21.4. The van der Waals surface area contributed by atoms with E-state index in [0.717, 1.165) is 63.3 Å². The number of carbonyl (C=O) groups is 1. The number of allylic oxidation sites excluding steroid dienone is 5. The van der Waals surface area contributed by atoms with Gasteiger partial charge in [-0.3, -0.25) is 0 Å². The zero-order valence-electron chi connectivity index (χ0n) is 21.4. The van der Waals surface area contributed by atoms with Crippen LogP contribution >= 0.6 is 0 Å². The van der Waals surface area contributed by atoms with Gasteiger partial charge in [-0.15, -0.1) is 0 Å². The minimum atomic E-state index is -0.159. The fourth-order valence-electron chi connectivity index (χ4n) is 5.63. The summed E-state index contributed by atoms with van der Waals surface area (Å²) in [7, 11) is 0. The van der Waals surface area contributed by atoms with Crippen LogP contribution in [-0.2, 0) is 14.3 Å². The Morgan fingerprint density at radius 3 is 2.56 bits per heavy atom. The number of fused-ring (bicyclic) bond motifs is 2. The highest BCUT2D eigenvalue weighted by atomic mass is 16.5. The van der Waals surface area contributed by atoms with Gasteiger partial charge in [0.2, 0.25) is 0 Å². The third-order valence-corrected chi connectivity index (χ3v) is 7.91. The molecule has 0 amide bonds. The summed E-state index contributed by atoms with van der Waals surface area (Å²) in [6.07, 6.45) is 8.14. The number of hydrogen-bond donors (Lipinski definition) is 0. The number of piperazine rings is 1. The van der Waals surface area contributed by atoms with Crippen LogP contribution in [0.25, 0.3) is 0 Å². The number of rotatable bonds is 7. The number of carbonyl (C=O) groups excluding carboxylic acids is 1. The molecule has 5 heteroatoms. The maximum absolute atomic E-state index is 11.9. The molecular formula is C29H40N2O3. The summed E-state index contributed by atoms with van der Waals surface area (Å²) in [5.74, 6) is 0.327. The molecule has 0 aromatic carbocycles. The first-order valence-electron chi connectivity index (χ1n) is 12.7. The van der Waals surface area contributed by atoms with Crippen LogP contribution in [0, 0.1) is 5.92 Å². The largest absolute Gasteiger partial charge is 0.458 e. The smallest absolute Gasteiger partial charge is 0.334 e. The molecule has 1 unspecified atom stereocenters. The van der Waals surface area contributed by atoms with Crippen LogP contribution in [0.3, 0.4) is 0 Å². The van der Waals surface area contributed by atoms with Crippen LogP contribution < -0.4 is 0 Å². The van der Waals surface area contributed by atoms with Gasteiger partial charge in [0, 0.05) is 51.3 Å². The van der Waals surface area contributed by atoms with Gasteiger partial charge in [0.25, 0.3) is 0 Å². The van der Waals surface area contributed by atoms with E-state index in [-0.39, 0.29) is 5.97 Å². The van der Waals surface area contributed by atoms with Gasteiger partial charge in [-0.25, -0.2) is 4.79 Å². The molecule has 3 heterocycles. The van der Waals surface area contributed by atoms with Gasteiger partial charge in [-0.05, 0) is 72.1 Å². The molecule has 1 aliphatic carbocycles.